The monoisotopic (exact) mass is 282 g/mol. The molecular formula is C13H22N4OS. The normalized spacial score (nSPS) is 18.2. The molecule has 1 aromatic rings. The second-order valence-electron chi connectivity index (χ2n) is 5.25. The van der Waals surface area contributed by atoms with Crippen molar-refractivity contribution >= 4 is 22.4 Å². The van der Waals surface area contributed by atoms with Crippen LogP contribution in [-0.2, 0) is 0 Å². The number of nitrogens with two attached hydrogens (primary N) is 1. The molecule has 1 aromatic heterocycles. The van der Waals surface area contributed by atoms with Gasteiger partial charge in [-0.3, -0.25) is 4.79 Å². The fraction of sp³-hybridized carbons (Fsp3) is 0.692. The van der Waals surface area contributed by atoms with Gasteiger partial charge in [0.1, 0.15) is 5.69 Å². The molecule has 0 aromatic carbocycles. The second-order valence-corrected chi connectivity index (χ2v) is 6.14. The van der Waals surface area contributed by atoms with Gasteiger partial charge in [0.05, 0.1) is 0 Å². The first-order chi connectivity index (χ1) is 9.15. The van der Waals surface area contributed by atoms with Gasteiger partial charge >= 0.3 is 0 Å². The Morgan fingerprint density at radius 3 is 2.89 bits per heavy atom. The predicted molar refractivity (Wildman–Crippen MR) is 78.3 cm³/mol. The summed E-state index contributed by atoms with van der Waals surface area (Å²) < 4.78 is 0. The molecule has 2 heterocycles. The van der Waals surface area contributed by atoms with Gasteiger partial charge in [-0.25, -0.2) is 4.98 Å². The largest absolute Gasteiger partial charge is 0.375 e. The van der Waals surface area contributed by atoms with E-state index in [1.165, 1.54) is 43.7 Å². The van der Waals surface area contributed by atoms with E-state index in [1.807, 2.05) is 0 Å². The summed E-state index contributed by atoms with van der Waals surface area (Å²) in [7, 11) is 0. The quantitative estimate of drug-likeness (QED) is 0.860. The molecule has 1 unspecified atom stereocenters. The third-order valence-electron chi connectivity index (χ3n) is 3.38. The Balaban J connectivity index is 1.70. The van der Waals surface area contributed by atoms with Crippen LogP contribution in [0.3, 0.4) is 0 Å². The highest BCUT2D eigenvalue weighted by molar-refractivity contribution is 7.13. The Labute approximate surface area is 118 Å². The van der Waals surface area contributed by atoms with Crippen LogP contribution in [0.25, 0.3) is 0 Å². The van der Waals surface area contributed by atoms with Gasteiger partial charge in [-0.1, -0.05) is 13.3 Å². The average Bonchev–Trinajstić information content (AvgIpc) is 2.84. The van der Waals surface area contributed by atoms with Crippen molar-refractivity contribution in [2.75, 3.05) is 31.9 Å². The van der Waals surface area contributed by atoms with Crippen LogP contribution in [0.5, 0.6) is 0 Å². The molecule has 0 saturated carbocycles. The van der Waals surface area contributed by atoms with Crippen molar-refractivity contribution in [1.82, 2.24) is 15.2 Å². The van der Waals surface area contributed by atoms with E-state index in [1.54, 1.807) is 5.38 Å². The van der Waals surface area contributed by atoms with Crippen molar-refractivity contribution in [3.8, 4) is 0 Å². The molecule has 1 fully saturated rings. The Morgan fingerprint density at radius 1 is 1.53 bits per heavy atom. The number of carbonyl (C=O) groups excluding carboxylic acids is 1. The molecule has 106 valence electrons. The number of amides is 1. The summed E-state index contributed by atoms with van der Waals surface area (Å²) >= 11 is 1.29. The van der Waals surface area contributed by atoms with E-state index in [0.717, 1.165) is 6.54 Å². The standard InChI is InChI=1S/C13H22N4OS/c1-10(8-17-5-3-2-4-6-17)7-15-12(18)11-9-19-13(14)16-11/h9-10H,2-8H2,1H3,(H2,14,16)(H,15,18). The number of anilines is 1. The van der Waals surface area contributed by atoms with E-state index in [-0.39, 0.29) is 5.91 Å². The number of piperidine rings is 1. The molecule has 2 rings (SSSR count). The Hall–Kier alpha value is -1.14. The van der Waals surface area contributed by atoms with Crippen LogP contribution in [0.2, 0.25) is 0 Å². The summed E-state index contributed by atoms with van der Waals surface area (Å²) in [4.78, 5) is 18.3. The van der Waals surface area contributed by atoms with Gasteiger partial charge < -0.3 is 16.0 Å². The highest BCUT2D eigenvalue weighted by atomic mass is 32.1. The van der Waals surface area contributed by atoms with E-state index in [2.05, 4.69) is 22.1 Å². The van der Waals surface area contributed by atoms with Crippen LogP contribution in [0.4, 0.5) is 5.13 Å². The van der Waals surface area contributed by atoms with Crippen LogP contribution in [0, 0.1) is 5.92 Å². The van der Waals surface area contributed by atoms with Crippen molar-refractivity contribution < 1.29 is 4.79 Å². The molecule has 0 bridgehead atoms. The third-order valence-corrected chi connectivity index (χ3v) is 4.06. The van der Waals surface area contributed by atoms with Gasteiger partial charge in [0.15, 0.2) is 5.13 Å². The zero-order valence-corrected chi connectivity index (χ0v) is 12.2. The maximum atomic E-state index is 11.8. The van der Waals surface area contributed by atoms with Crippen molar-refractivity contribution in [3.05, 3.63) is 11.1 Å². The van der Waals surface area contributed by atoms with Crippen molar-refractivity contribution in [2.45, 2.75) is 26.2 Å². The fourth-order valence-electron chi connectivity index (χ4n) is 2.40. The second kappa shape index (κ2) is 6.86. The minimum Gasteiger partial charge on any atom is -0.375 e. The van der Waals surface area contributed by atoms with Gasteiger partial charge in [-0.15, -0.1) is 11.3 Å². The zero-order valence-electron chi connectivity index (χ0n) is 11.4. The van der Waals surface area contributed by atoms with Crippen LogP contribution < -0.4 is 11.1 Å². The highest BCUT2D eigenvalue weighted by Gasteiger charge is 2.15. The lowest BCUT2D eigenvalue weighted by Gasteiger charge is -2.29. The van der Waals surface area contributed by atoms with Crippen LogP contribution in [0.1, 0.15) is 36.7 Å². The molecule has 0 radical (unpaired) electrons. The van der Waals surface area contributed by atoms with E-state index in [9.17, 15) is 4.79 Å². The van der Waals surface area contributed by atoms with Crippen molar-refractivity contribution in [3.63, 3.8) is 0 Å². The van der Waals surface area contributed by atoms with Gasteiger partial charge in [0.2, 0.25) is 0 Å². The SMILES string of the molecule is CC(CNC(=O)c1csc(N)n1)CN1CCCCC1. The number of carbonyl (C=O) groups is 1. The lowest BCUT2D eigenvalue weighted by molar-refractivity contribution is 0.0938. The van der Waals surface area contributed by atoms with Gasteiger partial charge in [-0.05, 0) is 31.8 Å². The van der Waals surface area contributed by atoms with Gasteiger partial charge in [-0.2, -0.15) is 0 Å². The molecule has 1 aliphatic heterocycles. The fourth-order valence-corrected chi connectivity index (χ4v) is 2.94. The number of nitrogens with one attached hydrogen (secondary N) is 1. The minimum absolute atomic E-state index is 0.126. The van der Waals surface area contributed by atoms with E-state index in [4.69, 9.17) is 5.73 Å². The number of hydrogen-bond acceptors (Lipinski definition) is 5. The van der Waals surface area contributed by atoms with Crippen molar-refractivity contribution in [1.29, 1.82) is 0 Å². The lowest BCUT2D eigenvalue weighted by atomic mass is 10.1. The number of aromatic nitrogens is 1. The smallest absolute Gasteiger partial charge is 0.270 e. The Morgan fingerprint density at radius 2 is 2.26 bits per heavy atom. The number of nitrogen functional groups attached to an aromatic ring is 1. The van der Waals surface area contributed by atoms with Crippen LogP contribution >= 0.6 is 11.3 Å². The number of thiazole rings is 1. The molecule has 1 saturated heterocycles. The first-order valence-corrected chi connectivity index (χ1v) is 7.74. The topological polar surface area (TPSA) is 71.2 Å². The average molecular weight is 282 g/mol. The molecular weight excluding hydrogens is 260 g/mol. The van der Waals surface area contributed by atoms with Gasteiger partial charge in [0.25, 0.3) is 5.91 Å². The summed E-state index contributed by atoms with van der Waals surface area (Å²) in [5, 5.41) is 5.06. The van der Waals surface area contributed by atoms with Crippen molar-refractivity contribution in [2.24, 2.45) is 5.92 Å². The van der Waals surface area contributed by atoms with Crippen LogP contribution in [-0.4, -0.2) is 42.0 Å². The molecule has 1 atom stereocenters. The lowest BCUT2D eigenvalue weighted by Crippen LogP contribution is -2.38. The summed E-state index contributed by atoms with van der Waals surface area (Å²) in [5.41, 5.74) is 5.94. The van der Waals surface area contributed by atoms with E-state index < -0.39 is 0 Å². The van der Waals surface area contributed by atoms with E-state index in [0.29, 0.717) is 23.3 Å². The molecule has 0 aliphatic carbocycles. The highest BCUT2D eigenvalue weighted by Crippen LogP contribution is 2.12. The maximum Gasteiger partial charge on any atom is 0.270 e. The number of hydrogen-bond donors (Lipinski definition) is 2. The summed E-state index contributed by atoms with van der Waals surface area (Å²) in [6, 6.07) is 0. The predicted octanol–water partition coefficient (Wildman–Crippen LogP) is 1.58. The first kappa shape index (κ1) is 14.3. The maximum absolute atomic E-state index is 11.8. The summed E-state index contributed by atoms with van der Waals surface area (Å²) in [6.45, 7) is 6.30. The molecule has 3 N–H and O–H groups in total. The molecule has 19 heavy (non-hydrogen) atoms. The van der Waals surface area contributed by atoms with E-state index >= 15 is 0 Å². The third kappa shape index (κ3) is 4.47. The Bertz CT molecular complexity index is 415. The number of likely N-dealkylation sites (tertiary alicyclic amines) is 1. The zero-order chi connectivity index (χ0) is 13.7. The molecule has 5 nitrogen and oxygen atoms in total. The minimum atomic E-state index is -0.126. The molecule has 1 amide bonds. The molecule has 0 spiro atoms. The number of rotatable bonds is 5. The molecule has 6 heteroatoms. The summed E-state index contributed by atoms with van der Waals surface area (Å²) in [6.07, 6.45) is 3.96. The number of nitrogens with zero attached hydrogens (tertiary/aromatic N) is 2. The Kier molecular flexibility index (Phi) is 5.15. The van der Waals surface area contributed by atoms with Crippen LogP contribution in [0.15, 0.2) is 5.38 Å². The van der Waals surface area contributed by atoms with Gasteiger partial charge in [0, 0.05) is 18.5 Å². The first-order valence-electron chi connectivity index (χ1n) is 6.86. The summed E-state index contributed by atoms with van der Waals surface area (Å²) in [5.74, 6) is 0.330. The molecule has 1 aliphatic rings.